The Morgan fingerprint density at radius 2 is 2.00 bits per heavy atom. The third kappa shape index (κ3) is 4.68. The normalized spacial score (nSPS) is 23.9. The number of carboxylic acids is 1. The molecule has 3 unspecified atom stereocenters. The average Bonchev–Trinajstić information content (AvgIpc) is 2.85. The van der Waals surface area contributed by atoms with Crippen molar-refractivity contribution >= 4 is 11.9 Å². The van der Waals surface area contributed by atoms with E-state index in [0.717, 1.165) is 0 Å². The summed E-state index contributed by atoms with van der Waals surface area (Å²) in [5.74, 6) is -1.90. The van der Waals surface area contributed by atoms with Crippen molar-refractivity contribution in [1.29, 1.82) is 0 Å². The summed E-state index contributed by atoms with van der Waals surface area (Å²) in [5, 5.41) is 9.25. The first kappa shape index (κ1) is 17.9. The lowest BCUT2D eigenvalue weighted by Gasteiger charge is -2.34. The van der Waals surface area contributed by atoms with Crippen LogP contribution in [0.3, 0.4) is 0 Å². The van der Waals surface area contributed by atoms with Crippen LogP contribution in [0, 0.1) is 17.3 Å². The Morgan fingerprint density at radius 1 is 1.38 bits per heavy atom. The Hall–Kier alpha value is -1.14. The van der Waals surface area contributed by atoms with Crippen LogP contribution in [0.4, 0.5) is 0 Å². The van der Waals surface area contributed by atoms with E-state index in [9.17, 15) is 14.7 Å². The Balaban J connectivity index is 2.87. The van der Waals surface area contributed by atoms with Gasteiger partial charge < -0.3 is 20.5 Å². The lowest BCUT2D eigenvalue weighted by molar-refractivity contribution is -0.146. The van der Waals surface area contributed by atoms with E-state index in [-0.39, 0.29) is 37.0 Å². The fraction of sp³-hybridized carbons (Fsp3) is 0.867. The van der Waals surface area contributed by atoms with Gasteiger partial charge in [0.1, 0.15) is 5.92 Å². The van der Waals surface area contributed by atoms with E-state index >= 15 is 0 Å². The minimum atomic E-state index is -0.913. The summed E-state index contributed by atoms with van der Waals surface area (Å²) >= 11 is 0. The van der Waals surface area contributed by atoms with Gasteiger partial charge in [-0.25, -0.2) is 0 Å². The van der Waals surface area contributed by atoms with Crippen LogP contribution in [0.2, 0.25) is 0 Å². The summed E-state index contributed by atoms with van der Waals surface area (Å²) < 4.78 is 5.27. The number of aliphatic carboxylic acids is 1. The molecular formula is C15H28N2O4. The number of carboxylic acid groups (broad SMARTS) is 1. The van der Waals surface area contributed by atoms with E-state index in [2.05, 4.69) is 20.8 Å². The number of rotatable bonds is 6. The molecule has 0 aromatic heterocycles. The quantitative estimate of drug-likeness (QED) is 0.761. The number of amides is 1. The lowest BCUT2D eigenvalue weighted by Crippen LogP contribution is -2.50. The largest absolute Gasteiger partial charge is 0.481 e. The summed E-state index contributed by atoms with van der Waals surface area (Å²) in [7, 11) is 0. The standard InChI is InChI=1S/C15H28N2O4/c1-5-17(12-9-21-8-11(12)14(19)20)13(18)10(7-16)6-15(2,3)4/h10-12H,5-9,16H2,1-4H3,(H,19,20). The second kappa shape index (κ2) is 7.22. The molecular weight excluding hydrogens is 272 g/mol. The summed E-state index contributed by atoms with van der Waals surface area (Å²) in [5.41, 5.74) is 5.77. The van der Waals surface area contributed by atoms with E-state index in [1.54, 1.807) is 4.90 Å². The molecule has 0 bridgehead atoms. The van der Waals surface area contributed by atoms with Gasteiger partial charge in [0.2, 0.25) is 5.91 Å². The van der Waals surface area contributed by atoms with Crippen LogP contribution >= 0.6 is 0 Å². The van der Waals surface area contributed by atoms with E-state index < -0.39 is 17.9 Å². The summed E-state index contributed by atoms with van der Waals surface area (Å²) in [6.45, 7) is 9.25. The summed E-state index contributed by atoms with van der Waals surface area (Å²) in [6.07, 6.45) is 0.685. The maximum Gasteiger partial charge on any atom is 0.311 e. The molecule has 6 heteroatoms. The molecule has 0 spiro atoms. The second-order valence-corrected chi connectivity index (χ2v) is 6.87. The molecule has 1 saturated heterocycles. The van der Waals surface area contributed by atoms with E-state index in [4.69, 9.17) is 10.5 Å². The number of nitrogens with two attached hydrogens (primary N) is 1. The first-order valence-electron chi connectivity index (χ1n) is 7.52. The number of likely N-dealkylation sites (N-methyl/N-ethyl adjacent to an activating group) is 1. The predicted octanol–water partition coefficient (Wildman–Crippen LogP) is 0.946. The van der Waals surface area contributed by atoms with Crippen LogP contribution in [-0.2, 0) is 14.3 Å². The van der Waals surface area contributed by atoms with Gasteiger partial charge in [-0.2, -0.15) is 0 Å². The highest BCUT2D eigenvalue weighted by Gasteiger charge is 2.41. The monoisotopic (exact) mass is 300 g/mol. The van der Waals surface area contributed by atoms with Gasteiger partial charge in [0.15, 0.2) is 0 Å². The number of ether oxygens (including phenoxy) is 1. The molecule has 122 valence electrons. The molecule has 6 nitrogen and oxygen atoms in total. The number of hydrogen-bond donors (Lipinski definition) is 2. The highest BCUT2D eigenvalue weighted by molar-refractivity contribution is 5.81. The van der Waals surface area contributed by atoms with Gasteiger partial charge in [-0.15, -0.1) is 0 Å². The minimum Gasteiger partial charge on any atom is -0.481 e. The molecule has 1 fully saturated rings. The highest BCUT2D eigenvalue weighted by atomic mass is 16.5. The maximum atomic E-state index is 12.7. The SMILES string of the molecule is CCN(C(=O)C(CN)CC(C)(C)C)C1COCC1C(=O)O. The Morgan fingerprint density at radius 3 is 2.43 bits per heavy atom. The van der Waals surface area contributed by atoms with Crippen molar-refractivity contribution in [2.45, 2.75) is 40.2 Å². The number of hydrogen-bond acceptors (Lipinski definition) is 4. The van der Waals surface area contributed by atoms with Gasteiger partial charge in [0.25, 0.3) is 0 Å². The van der Waals surface area contributed by atoms with Gasteiger partial charge in [-0.05, 0) is 18.8 Å². The molecule has 0 aliphatic carbocycles. The Kier molecular flexibility index (Phi) is 6.16. The molecule has 0 saturated carbocycles. The number of carbonyl (C=O) groups excluding carboxylic acids is 1. The van der Waals surface area contributed by atoms with Crippen LogP contribution in [0.15, 0.2) is 0 Å². The van der Waals surface area contributed by atoms with Gasteiger partial charge in [0.05, 0.1) is 25.2 Å². The van der Waals surface area contributed by atoms with Crippen LogP contribution < -0.4 is 5.73 Å². The van der Waals surface area contributed by atoms with Crippen LogP contribution in [0.1, 0.15) is 34.1 Å². The van der Waals surface area contributed by atoms with Gasteiger partial charge in [-0.3, -0.25) is 9.59 Å². The molecule has 1 heterocycles. The molecule has 21 heavy (non-hydrogen) atoms. The smallest absolute Gasteiger partial charge is 0.311 e. The fourth-order valence-electron chi connectivity index (χ4n) is 2.88. The van der Waals surface area contributed by atoms with Crippen molar-refractivity contribution < 1.29 is 19.4 Å². The first-order chi connectivity index (χ1) is 9.71. The van der Waals surface area contributed by atoms with Gasteiger partial charge in [-0.1, -0.05) is 20.8 Å². The van der Waals surface area contributed by atoms with Crippen molar-refractivity contribution in [3.05, 3.63) is 0 Å². The number of carbonyl (C=O) groups is 2. The molecule has 0 aromatic rings. The zero-order valence-electron chi connectivity index (χ0n) is 13.5. The highest BCUT2D eigenvalue weighted by Crippen LogP contribution is 2.27. The van der Waals surface area contributed by atoms with E-state index in [0.29, 0.717) is 13.0 Å². The first-order valence-corrected chi connectivity index (χ1v) is 7.52. The Labute approximate surface area is 126 Å². The third-order valence-corrected chi connectivity index (χ3v) is 3.88. The summed E-state index contributed by atoms with van der Waals surface area (Å²) in [4.78, 5) is 25.7. The molecule has 1 aliphatic heterocycles. The zero-order valence-corrected chi connectivity index (χ0v) is 13.5. The molecule has 1 rings (SSSR count). The third-order valence-electron chi connectivity index (χ3n) is 3.88. The molecule has 0 radical (unpaired) electrons. The van der Waals surface area contributed by atoms with E-state index in [1.807, 2.05) is 6.92 Å². The van der Waals surface area contributed by atoms with Crippen LogP contribution in [0.25, 0.3) is 0 Å². The summed E-state index contributed by atoms with van der Waals surface area (Å²) in [6, 6.07) is -0.394. The van der Waals surface area contributed by atoms with Crippen LogP contribution in [-0.4, -0.2) is 54.2 Å². The molecule has 1 amide bonds. The lowest BCUT2D eigenvalue weighted by atomic mass is 9.83. The van der Waals surface area contributed by atoms with Gasteiger partial charge in [0, 0.05) is 13.1 Å². The predicted molar refractivity (Wildman–Crippen MR) is 79.7 cm³/mol. The fourth-order valence-corrected chi connectivity index (χ4v) is 2.88. The number of nitrogens with zero attached hydrogens (tertiary/aromatic N) is 1. The molecule has 0 aromatic carbocycles. The van der Waals surface area contributed by atoms with Gasteiger partial charge >= 0.3 is 5.97 Å². The maximum absolute atomic E-state index is 12.7. The van der Waals surface area contributed by atoms with Crippen LogP contribution in [0.5, 0.6) is 0 Å². The minimum absolute atomic E-state index is 0.00250. The van der Waals surface area contributed by atoms with Crippen molar-refractivity contribution in [2.24, 2.45) is 23.0 Å². The van der Waals surface area contributed by atoms with E-state index in [1.165, 1.54) is 0 Å². The van der Waals surface area contributed by atoms with Crippen molar-refractivity contribution in [3.63, 3.8) is 0 Å². The van der Waals surface area contributed by atoms with Crippen molar-refractivity contribution in [2.75, 3.05) is 26.3 Å². The van der Waals surface area contributed by atoms with Crippen molar-refractivity contribution in [3.8, 4) is 0 Å². The molecule has 3 N–H and O–H groups in total. The average molecular weight is 300 g/mol. The molecule has 1 aliphatic rings. The Bertz CT molecular complexity index is 378. The zero-order chi connectivity index (χ0) is 16.2. The van der Waals surface area contributed by atoms with Crippen molar-refractivity contribution in [1.82, 2.24) is 4.90 Å². The second-order valence-electron chi connectivity index (χ2n) is 6.87. The topological polar surface area (TPSA) is 92.9 Å². The molecule has 3 atom stereocenters.